The van der Waals surface area contributed by atoms with Gasteiger partial charge in [-0.05, 0) is 0 Å². The lowest BCUT2D eigenvalue weighted by atomic mass is 10.8. The van der Waals surface area contributed by atoms with Gasteiger partial charge in [0, 0.05) is 0 Å². The Balaban J connectivity index is -0.0000000800. The number of hydrogen-bond donors (Lipinski definition) is 0. The van der Waals surface area contributed by atoms with E-state index in [0.29, 0.717) is 0 Å². The number of alkyl halides is 3. The summed E-state index contributed by atoms with van der Waals surface area (Å²) in [6, 6.07) is 0. The van der Waals surface area contributed by atoms with Crippen LogP contribution >= 0.6 is 0 Å². The summed E-state index contributed by atoms with van der Waals surface area (Å²) in [6.07, 6.45) is -2.78. The van der Waals surface area contributed by atoms with Gasteiger partial charge in [0.15, 0.2) is 6.67 Å². The summed E-state index contributed by atoms with van der Waals surface area (Å²) in [4.78, 5) is 0. The first-order chi connectivity index (χ1) is 2.27. The third-order valence-electron chi connectivity index (χ3n) is 0.117. The van der Waals surface area contributed by atoms with Crippen molar-refractivity contribution in [3.63, 3.8) is 0 Å². The largest absolute Gasteiger partial charge is 0.266 e. The molecule has 0 unspecified atom stereocenters. The average molecular weight is 116 g/mol. The molecule has 0 aromatic heterocycles. The van der Waals surface area contributed by atoms with Crippen molar-refractivity contribution in [2.75, 3.05) is 6.67 Å². The van der Waals surface area contributed by atoms with Crippen LogP contribution in [-0.2, 0) is 0 Å². The Bertz CT molecular complexity index is 20.9. The molecule has 0 fully saturated rings. The highest BCUT2D eigenvalue weighted by Gasteiger charge is 1.95. The van der Waals surface area contributed by atoms with Crippen molar-refractivity contribution in [3.05, 3.63) is 0 Å². The Morgan fingerprint density at radius 1 is 1.14 bits per heavy atom. The predicted molar refractivity (Wildman–Crippen MR) is 25.4 cm³/mol. The molecule has 0 atom stereocenters. The molecule has 0 aliphatic carbocycles. The van der Waals surface area contributed by atoms with Crippen LogP contribution in [0.2, 0.25) is 0 Å². The smallest absolute Gasteiger partial charge is 0.245 e. The third kappa shape index (κ3) is 26.0. The van der Waals surface area contributed by atoms with Crippen molar-refractivity contribution < 1.29 is 13.2 Å². The van der Waals surface area contributed by atoms with Gasteiger partial charge in [-0.1, -0.05) is 14.9 Å². The van der Waals surface area contributed by atoms with Crippen molar-refractivity contribution in [1.82, 2.24) is 0 Å². The summed E-state index contributed by atoms with van der Waals surface area (Å²) < 4.78 is 31.1. The van der Waals surface area contributed by atoms with Crippen molar-refractivity contribution in [3.8, 4) is 0 Å². The monoisotopic (exact) mass is 116 g/mol. The molecule has 0 amide bonds. The molecule has 0 spiro atoms. The second-order valence-electron chi connectivity index (χ2n) is 0.545. The first-order valence-corrected chi connectivity index (χ1v) is 1.11. The summed E-state index contributed by atoms with van der Waals surface area (Å²) in [5.74, 6) is 0. The van der Waals surface area contributed by atoms with Gasteiger partial charge >= 0.3 is 0 Å². The highest BCUT2D eigenvalue weighted by molar-refractivity contribution is 4.23. The van der Waals surface area contributed by atoms with E-state index in [1.54, 1.807) is 0 Å². The zero-order chi connectivity index (χ0) is 4.28. The van der Waals surface area contributed by atoms with Crippen LogP contribution < -0.4 is 0 Å². The van der Waals surface area contributed by atoms with E-state index in [9.17, 15) is 13.2 Å². The summed E-state index contributed by atoms with van der Waals surface area (Å²) in [5, 5.41) is 0. The van der Waals surface area contributed by atoms with Crippen LogP contribution in [0.1, 0.15) is 14.9 Å². The van der Waals surface area contributed by atoms with E-state index in [4.69, 9.17) is 0 Å². The van der Waals surface area contributed by atoms with Crippen LogP contribution in [0, 0.1) is 0 Å². The molecule has 0 nitrogen and oxygen atoms in total. The lowest BCUT2D eigenvalue weighted by Gasteiger charge is -1.78. The van der Waals surface area contributed by atoms with Crippen molar-refractivity contribution in [1.29, 1.82) is 0 Å². The summed E-state index contributed by atoms with van der Waals surface area (Å²) in [7, 11) is 0. The lowest BCUT2D eigenvalue weighted by Crippen LogP contribution is -1.88. The molecule has 0 N–H and O–H groups in total. The summed E-state index contributed by atoms with van der Waals surface area (Å²) in [5.41, 5.74) is 0. The van der Waals surface area contributed by atoms with Crippen LogP contribution in [0.4, 0.5) is 13.2 Å². The van der Waals surface area contributed by atoms with Crippen molar-refractivity contribution in [2.24, 2.45) is 0 Å². The van der Waals surface area contributed by atoms with Crippen LogP contribution in [0.5, 0.6) is 0 Å². The molecule has 0 saturated heterocycles. The highest BCUT2D eigenvalue weighted by Crippen LogP contribution is 1.88. The van der Waals surface area contributed by atoms with Crippen LogP contribution in [-0.4, -0.2) is 13.1 Å². The van der Waals surface area contributed by atoms with E-state index >= 15 is 0 Å². The fourth-order valence-electron chi connectivity index (χ4n) is 0. The average Bonchev–Trinajstić information content (AvgIpc) is 1.38. The zero-order valence-corrected chi connectivity index (χ0v) is 2.42. The number of rotatable bonds is 1. The molecular formula is C4H11F3. The van der Waals surface area contributed by atoms with Gasteiger partial charge < -0.3 is 0 Å². The maximum atomic E-state index is 10.4. The molecule has 3 heteroatoms. The maximum absolute atomic E-state index is 10.4. The van der Waals surface area contributed by atoms with Gasteiger partial charge in [0.05, 0.1) is 0 Å². The van der Waals surface area contributed by atoms with Gasteiger partial charge in [0.25, 0.3) is 6.43 Å². The minimum Gasteiger partial charge on any atom is -0.245 e. The second kappa shape index (κ2) is 9.25. The van der Waals surface area contributed by atoms with Crippen LogP contribution in [0.25, 0.3) is 0 Å². The van der Waals surface area contributed by atoms with E-state index in [1.165, 1.54) is 0 Å². The molecule has 0 radical (unpaired) electrons. The molecule has 48 valence electrons. The van der Waals surface area contributed by atoms with Gasteiger partial charge in [-0.25, -0.2) is 13.2 Å². The molecule has 0 aromatic carbocycles. The Morgan fingerprint density at radius 3 is 1.29 bits per heavy atom. The van der Waals surface area contributed by atoms with Crippen molar-refractivity contribution >= 4 is 0 Å². The molecule has 0 aliphatic rings. The predicted octanol–water partition coefficient (Wildman–Crippen LogP) is 2.49. The molecule has 0 aromatic rings. The Labute approximate surface area is 42.3 Å². The SMILES string of the molecule is C.C.FCC(F)F. The van der Waals surface area contributed by atoms with E-state index in [1.807, 2.05) is 0 Å². The van der Waals surface area contributed by atoms with Gasteiger partial charge in [-0.3, -0.25) is 0 Å². The minimum atomic E-state index is -2.78. The molecule has 7 heavy (non-hydrogen) atoms. The number of halogens is 3. The van der Waals surface area contributed by atoms with E-state index in [2.05, 4.69) is 0 Å². The Hall–Kier alpha value is -0.210. The van der Waals surface area contributed by atoms with E-state index in [-0.39, 0.29) is 14.9 Å². The molecule has 0 aliphatic heterocycles. The first-order valence-electron chi connectivity index (χ1n) is 1.11. The minimum absolute atomic E-state index is 0. The lowest BCUT2D eigenvalue weighted by molar-refractivity contribution is 0.113. The Kier molecular flexibility index (Phi) is 20.9. The molecule has 0 bridgehead atoms. The first kappa shape index (κ1) is 15.8. The van der Waals surface area contributed by atoms with E-state index < -0.39 is 13.1 Å². The van der Waals surface area contributed by atoms with Gasteiger partial charge in [-0.2, -0.15) is 0 Å². The van der Waals surface area contributed by atoms with Gasteiger partial charge in [-0.15, -0.1) is 0 Å². The van der Waals surface area contributed by atoms with Gasteiger partial charge in [0.2, 0.25) is 0 Å². The maximum Gasteiger partial charge on any atom is 0.266 e. The normalized spacial score (nSPS) is 6.86. The fourth-order valence-corrected chi connectivity index (χ4v) is 0. The second-order valence-corrected chi connectivity index (χ2v) is 0.545. The van der Waals surface area contributed by atoms with Crippen LogP contribution in [0.15, 0.2) is 0 Å². The summed E-state index contributed by atoms with van der Waals surface area (Å²) >= 11 is 0. The van der Waals surface area contributed by atoms with Gasteiger partial charge in [0.1, 0.15) is 0 Å². The standard InChI is InChI=1S/C2H3F3.2CH4/c3-1-2(4)5;;/h2H,1H2;2*1H4. The Morgan fingerprint density at radius 2 is 1.29 bits per heavy atom. The molecule has 0 heterocycles. The molecular weight excluding hydrogens is 105 g/mol. The fraction of sp³-hybridized carbons (Fsp3) is 1.00. The topological polar surface area (TPSA) is 0 Å². The third-order valence-corrected chi connectivity index (χ3v) is 0.117. The number of hydrogen-bond acceptors (Lipinski definition) is 0. The quantitative estimate of drug-likeness (QED) is 0.493. The van der Waals surface area contributed by atoms with Crippen LogP contribution in [0.3, 0.4) is 0 Å². The zero-order valence-electron chi connectivity index (χ0n) is 2.42. The van der Waals surface area contributed by atoms with E-state index in [0.717, 1.165) is 0 Å². The molecule has 0 rings (SSSR count). The summed E-state index contributed by atoms with van der Waals surface area (Å²) in [6.45, 7) is -1.53. The molecule has 0 saturated carbocycles. The van der Waals surface area contributed by atoms with Crippen molar-refractivity contribution in [2.45, 2.75) is 21.3 Å². The highest BCUT2D eigenvalue weighted by atomic mass is 19.3.